The molecule has 0 aromatic heterocycles. The van der Waals surface area contributed by atoms with Crippen LogP contribution in [0, 0.1) is 5.92 Å². The van der Waals surface area contributed by atoms with Crippen molar-refractivity contribution in [3.8, 4) is 5.75 Å². The van der Waals surface area contributed by atoms with E-state index >= 15 is 0 Å². The van der Waals surface area contributed by atoms with Crippen molar-refractivity contribution < 1.29 is 9.53 Å². The van der Waals surface area contributed by atoms with Gasteiger partial charge in [-0.25, -0.2) is 0 Å². The van der Waals surface area contributed by atoms with Crippen molar-refractivity contribution in [1.82, 2.24) is 0 Å². The fourth-order valence-electron chi connectivity index (χ4n) is 1.45. The number of ketones is 1. The molecule has 0 saturated heterocycles. The molecule has 1 saturated carbocycles. The summed E-state index contributed by atoms with van der Waals surface area (Å²) in [4.78, 5) is 11.1. The van der Waals surface area contributed by atoms with Crippen LogP contribution in [0.2, 0.25) is 0 Å². The molecule has 3 heteroatoms. The summed E-state index contributed by atoms with van der Waals surface area (Å²) in [7, 11) is 0. The van der Waals surface area contributed by atoms with E-state index in [1.165, 1.54) is 19.8 Å². The van der Waals surface area contributed by atoms with Crippen molar-refractivity contribution in [2.45, 2.75) is 19.8 Å². The highest BCUT2D eigenvalue weighted by Crippen LogP contribution is 2.30. The van der Waals surface area contributed by atoms with Gasteiger partial charge in [-0.05, 0) is 37.8 Å². The number of Topliss-reactive ketones (excluding diaryl/α,β-unsaturated/α-hetero) is 1. The van der Waals surface area contributed by atoms with E-state index in [1.54, 1.807) is 18.2 Å². The van der Waals surface area contributed by atoms with Crippen LogP contribution in [0.3, 0.4) is 0 Å². The van der Waals surface area contributed by atoms with E-state index in [1.807, 2.05) is 0 Å². The zero-order valence-corrected chi connectivity index (χ0v) is 8.82. The third-order valence-corrected chi connectivity index (χ3v) is 2.58. The third-order valence-electron chi connectivity index (χ3n) is 2.58. The number of nitrogen functional groups attached to an aromatic ring is 1. The van der Waals surface area contributed by atoms with Crippen LogP contribution in [0.4, 0.5) is 5.69 Å². The number of anilines is 1. The van der Waals surface area contributed by atoms with Crippen molar-refractivity contribution in [3.05, 3.63) is 23.8 Å². The van der Waals surface area contributed by atoms with E-state index < -0.39 is 0 Å². The van der Waals surface area contributed by atoms with Crippen LogP contribution >= 0.6 is 0 Å². The number of carbonyl (C=O) groups is 1. The van der Waals surface area contributed by atoms with Crippen molar-refractivity contribution in [1.29, 1.82) is 0 Å². The molecule has 0 atom stereocenters. The molecule has 2 rings (SSSR count). The summed E-state index contributed by atoms with van der Waals surface area (Å²) in [6, 6.07) is 5.24. The molecular formula is C12H15NO2. The molecule has 0 amide bonds. The Balaban J connectivity index is 2.06. The van der Waals surface area contributed by atoms with Crippen LogP contribution in [-0.2, 0) is 0 Å². The molecule has 3 nitrogen and oxygen atoms in total. The van der Waals surface area contributed by atoms with Gasteiger partial charge in [-0.15, -0.1) is 0 Å². The van der Waals surface area contributed by atoms with E-state index in [4.69, 9.17) is 10.5 Å². The Labute approximate surface area is 89.2 Å². The Kier molecular flexibility index (Phi) is 2.62. The summed E-state index contributed by atoms with van der Waals surface area (Å²) in [6.45, 7) is 2.27. The highest BCUT2D eigenvalue weighted by atomic mass is 16.5. The summed E-state index contributed by atoms with van der Waals surface area (Å²) in [6.07, 6.45) is 2.53. The zero-order valence-electron chi connectivity index (χ0n) is 8.82. The summed E-state index contributed by atoms with van der Waals surface area (Å²) >= 11 is 0. The third kappa shape index (κ3) is 2.49. The smallest absolute Gasteiger partial charge is 0.161 e. The van der Waals surface area contributed by atoms with Crippen LogP contribution in [0.25, 0.3) is 0 Å². The monoisotopic (exact) mass is 205 g/mol. The maximum absolute atomic E-state index is 11.1. The van der Waals surface area contributed by atoms with Gasteiger partial charge >= 0.3 is 0 Å². The molecule has 0 heterocycles. The fraction of sp³-hybridized carbons (Fsp3) is 0.417. The molecule has 0 unspecified atom stereocenters. The maximum Gasteiger partial charge on any atom is 0.161 e. The lowest BCUT2D eigenvalue weighted by atomic mass is 10.1. The number of rotatable bonds is 4. The topological polar surface area (TPSA) is 52.3 Å². The van der Waals surface area contributed by atoms with Crippen LogP contribution < -0.4 is 10.5 Å². The van der Waals surface area contributed by atoms with Gasteiger partial charge in [0, 0.05) is 17.3 Å². The first kappa shape index (κ1) is 10.0. The first-order valence-corrected chi connectivity index (χ1v) is 5.20. The Hall–Kier alpha value is -1.51. The lowest BCUT2D eigenvalue weighted by Gasteiger charge is -2.07. The zero-order chi connectivity index (χ0) is 10.8. The molecule has 15 heavy (non-hydrogen) atoms. The van der Waals surface area contributed by atoms with Crippen LogP contribution in [-0.4, -0.2) is 12.4 Å². The first-order valence-electron chi connectivity index (χ1n) is 5.20. The summed E-state index contributed by atoms with van der Waals surface area (Å²) in [5.41, 5.74) is 6.80. The normalized spacial score (nSPS) is 15.0. The summed E-state index contributed by atoms with van der Waals surface area (Å²) < 4.78 is 5.55. The molecule has 2 N–H and O–H groups in total. The van der Waals surface area contributed by atoms with Gasteiger partial charge in [0.25, 0.3) is 0 Å². The SMILES string of the molecule is CC(=O)c1ccc(OCC2CC2)cc1N. The Bertz CT molecular complexity index is 383. The second kappa shape index (κ2) is 3.93. The van der Waals surface area contributed by atoms with Crippen molar-refractivity contribution >= 4 is 11.5 Å². The average Bonchev–Trinajstić information content (AvgIpc) is 2.97. The maximum atomic E-state index is 11.1. The predicted molar refractivity (Wildman–Crippen MR) is 59.1 cm³/mol. The Morgan fingerprint density at radius 2 is 2.27 bits per heavy atom. The second-order valence-corrected chi connectivity index (χ2v) is 4.06. The predicted octanol–water partition coefficient (Wildman–Crippen LogP) is 2.26. The van der Waals surface area contributed by atoms with E-state index in [2.05, 4.69) is 0 Å². The van der Waals surface area contributed by atoms with Gasteiger partial charge in [0.05, 0.1) is 6.61 Å². The molecule has 1 aliphatic carbocycles. The van der Waals surface area contributed by atoms with Gasteiger partial charge < -0.3 is 10.5 Å². The molecule has 1 aromatic rings. The molecule has 0 aliphatic heterocycles. The Morgan fingerprint density at radius 3 is 2.80 bits per heavy atom. The molecule has 80 valence electrons. The molecule has 0 spiro atoms. The number of hydrogen-bond acceptors (Lipinski definition) is 3. The van der Waals surface area contributed by atoms with Crippen molar-refractivity contribution in [2.75, 3.05) is 12.3 Å². The number of ether oxygens (including phenoxy) is 1. The van der Waals surface area contributed by atoms with E-state index in [-0.39, 0.29) is 5.78 Å². The minimum absolute atomic E-state index is 0.0127. The Morgan fingerprint density at radius 1 is 1.53 bits per heavy atom. The quantitative estimate of drug-likeness (QED) is 0.606. The number of benzene rings is 1. The molecule has 1 aromatic carbocycles. The molecule has 1 aliphatic rings. The van der Waals surface area contributed by atoms with Gasteiger partial charge in [0.1, 0.15) is 5.75 Å². The highest BCUT2D eigenvalue weighted by Gasteiger charge is 2.21. The minimum Gasteiger partial charge on any atom is -0.493 e. The molecule has 0 bridgehead atoms. The number of hydrogen-bond donors (Lipinski definition) is 1. The van der Waals surface area contributed by atoms with E-state index in [0.29, 0.717) is 11.3 Å². The summed E-state index contributed by atoms with van der Waals surface area (Å²) in [5, 5.41) is 0. The van der Waals surface area contributed by atoms with Gasteiger partial charge in [-0.1, -0.05) is 0 Å². The van der Waals surface area contributed by atoms with E-state index in [0.717, 1.165) is 18.3 Å². The van der Waals surface area contributed by atoms with Gasteiger partial charge in [0.15, 0.2) is 5.78 Å². The largest absolute Gasteiger partial charge is 0.493 e. The highest BCUT2D eigenvalue weighted by molar-refractivity contribution is 5.99. The summed E-state index contributed by atoms with van der Waals surface area (Å²) in [5.74, 6) is 1.46. The lowest BCUT2D eigenvalue weighted by molar-refractivity contribution is 0.101. The number of nitrogens with two attached hydrogens (primary N) is 1. The lowest BCUT2D eigenvalue weighted by Crippen LogP contribution is -2.02. The minimum atomic E-state index is -0.0127. The first-order chi connectivity index (χ1) is 7.16. The van der Waals surface area contributed by atoms with Crippen LogP contribution in [0.5, 0.6) is 5.75 Å². The van der Waals surface area contributed by atoms with Crippen LogP contribution in [0.1, 0.15) is 30.1 Å². The molecule has 0 radical (unpaired) electrons. The van der Waals surface area contributed by atoms with Gasteiger partial charge in [-0.3, -0.25) is 4.79 Å². The standard InChI is InChI=1S/C12H15NO2/c1-8(14)11-5-4-10(6-12(11)13)15-7-9-2-3-9/h4-6,9H,2-3,7,13H2,1H3. The molecule has 1 fully saturated rings. The van der Waals surface area contributed by atoms with Gasteiger partial charge in [-0.2, -0.15) is 0 Å². The van der Waals surface area contributed by atoms with Gasteiger partial charge in [0.2, 0.25) is 0 Å². The fourth-order valence-corrected chi connectivity index (χ4v) is 1.45. The second-order valence-electron chi connectivity index (χ2n) is 4.06. The number of carbonyl (C=O) groups excluding carboxylic acids is 1. The van der Waals surface area contributed by atoms with E-state index in [9.17, 15) is 4.79 Å². The van der Waals surface area contributed by atoms with Crippen molar-refractivity contribution in [3.63, 3.8) is 0 Å². The van der Waals surface area contributed by atoms with Crippen molar-refractivity contribution in [2.24, 2.45) is 5.92 Å². The van der Waals surface area contributed by atoms with Crippen LogP contribution in [0.15, 0.2) is 18.2 Å². The average molecular weight is 205 g/mol. The molecular weight excluding hydrogens is 190 g/mol.